The lowest BCUT2D eigenvalue weighted by molar-refractivity contribution is -0.137. The fourth-order valence-electron chi connectivity index (χ4n) is 5.21. The summed E-state index contributed by atoms with van der Waals surface area (Å²) >= 11 is 0. The second kappa shape index (κ2) is 16.1. The van der Waals surface area contributed by atoms with E-state index in [1.54, 1.807) is 0 Å². The topological polar surface area (TPSA) is 63.6 Å². The molecule has 4 nitrogen and oxygen atoms in total. The number of hydrogen-bond donors (Lipinski definition) is 1. The molecule has 0 saturated carbocycles. The van der Waals surface area contributed by atoms with E-state index in [9.17, 15) is 9.59 Å². The Morgan fingerprint density at radius 1 is 0.703 bits per heavy atom. The first-order valence-electron chi connectivity index (χ1n) is 14.4. The molecule has 0 spiro atoms. The van der Waals surface area contributed by atoms with E-state index in [-0.39, 0.29) is 18.5 Å². The highest BCUT2D eigenvalue weighted by Gasteiger charge is 2.20. The molecule has 0 radical (unpaired) electrons. The molecule has 1 atom stereocenters. The zero-order chi connectivity index (χ0) is 26.3. The highest BCUT2D eigenvalue weighted by Crippen LogP contribution is 2.30. The highest BCUT2D eigenvalue weighted by molar-refractivity contribution is 6.16. The Morgan fingerprint density at radius 2 is 1.19 bits per heavy atom. The molecule has 0 saturated heterocycles. The Kier molecular flexibility index (Phi) is 12.5. The summed E-state index contributed by atoms with van der Waals surface area (Å²) in [4.78, 5) is 24.4. The molecule has 0 aromatic heterocycles. The predicted octanol–water partition coefficient (Wildman–Crippen LogP) is 9.47. The standard InChI is InChI=1S/C33H44O4/c1-2-3-4-5-6-8-11-20-28(21-12-9-7-10-13-24-31(34)35)37-33(36)32-29-22-16-14-18-26(29)25-27-19-15-17-23-30(27)32/h14-19,22-23,25,28H,2-13,20-21,24H2,1H3,(H,34,35)/t28-/m1/s1. The number of unbranched alkanes of at least 4 members (excludes halogenated alkanes) is 10. The summed E-state index contributed by atoms with van der Waals surface area (Å²) in [5, 5.41) is 12.8. The maximum Gasteiger partial charge on any atom is 0.339 e. The van der Waals surface area contributed by atoms with Gasteiger partial charge in [0.15, 0.2) is 0 Å². The van der Waals surface area contributed by atoms with Gasteiger partial charge in [0, 0.05) is 6.42 Å². The quantitative estimate of drug-likeness (QED) is 0.106. The molecule has 0 amide bonds. The SMILES string of the molecule is CCCCCCCCC[C@H](CCCCCCCC(=O)O)OC(=O)c1c2ccccc2cc2ccccc12. The number of hydrogen-bond acceptors (Lipinski definition) is 3. The van der Waals surface area contributed by atoms with Gasteiger partial charge >= 0.3 is 11.9 Å². The molecular formula is C33H44O4. The Morgan fingerprint density at radius 3 is 1.73 bits per heavy atom. The summed E-state index contributed by atoms with van der Waals surface area (Å²) in [6, 6.07) is 18.3. The van der Waals surface area contributed by atoms with Crippen LogP contribution in [0, 0.1) is 0 Å². The molecule has 37 heavy (non-hydrogen) atoms. The summed E-state index contributed by atoms with van der Waals surface area (Å²) in [5.74, 6) is -0.940. The molecular weight excluding hydrogens is 460 g/mol. The summed E-state index contributed by atoms with van der Waals surface area (Å²) < 4.78 is 6.24. The molecule has 3 aromatic rings. The van der Waals surface area contributed by atoms with Crippen LogP contribution in [-0.4, -0.2) is 23.1 Å². The first-order valence-corrected chi connectivity index (χ1v) is 14.4. The van der Waals surface area contributed by atoms with Crippen molar-refractivity contribution in [3.05, 3.63) is 60.2 Å². The summed E-state index contributed by atoms with van der Waals surface area (Å²) in [6.45, 7) is 2.24. The highest BCUT2D eigenvalue weighted by atomic mass is 16.5. The fraction of sp³-hybridized carbons (Fsp3) is 0.515. The lowest BCUT2D eigenvalue weighted by Crippen LogP contribution is -2.19. The van der Waals surface area contributed by atoms with E-state index in [1.165, 1.54) is 38.5 Å². The lowest BCUT2D eigenvalue weighted by Gasteiger charge is -2.20. The minimum atomic E-state index is -0.720. The van der Waals surface area contributed by atoms with Crippen molar-refractivity contribution < 1.29 is 19.4 Å². The fourth-order valence-corrected chi connectivity index (χ4v) is 5.21. The van der Waals surface area contributed by atoms with Gasteiger partial charge in [0.25, 0.3) is 0 Å². The molecule has 4 heteroatoms. The monoisotopic (exact) mass is 504 g/mol. The van der Waals surface area contributed by atoms with Crippen LogP contribution in [0.2, 0.25) is 0 Å². The molecule has 0 aliphatic rings. The molecule has 200 valence electrons. The van der Waals surface area contributed by atoms with Crippen molar-refractivity contribution >= 4 is 33.5 Å². The molecule has 1 N–H and O–H groups in total. The van der Waals surface area contributed by atoms with Gasteiger partial charge in [-0.15, -0.1) is 0 Å². The van der Waals surface area contributed by atoms with Crippen LogP contribution in [0.4, 0.5) is 0 Å². The van der Waals surface area contributed by atoms with Crippen LogP contribution in [0.1, 0.15) is 114 Å². The third-order valence-corrected chi connectivity index (χ3v) is 7.30. The van der Waals surface area contributed by atoms with Crippen LogP contribution in [0.15, 0.2) is 54.6 Å². The van der Waals surface area contributed by atoms with Gasteiger partial charge in [-0.2, -0.15) is 0 Å². The maximum absolute atomic E-state index is 13.7. The van der Waals surface area contributed by atoms with Crippen molar-refractivity contribution in [1.29, 1.82) is 0 Å². The Balaban J connectivity index is 1.64. The summed E-state index contributed by atoms with van der Waals surface area (Å²) in [7, 11) is 0. The third kappa shape index (κ3) is 9.50. The van der Waals surface area contributed by atoms with Gasteiger partial charge in [-0.05, 0) is 59.7 Å². The van der Waals surface area contributed by atoms with Gasteiger partial charge in [0.05, 0.1) is 5.56 Å². The number of fused-ring (bicyclic) bond motifs is 2. The largest absolute Gasteiger partial charge is 0.481 e. The van der Waals surface area contributed by atoms with Crippen molar-refractivity contribution in [3.63, 3.8) is 0 Å². The number of aliphatic carboxylic acids is 1. The van der Waals surface area contributed by atoms with E-state index in [0.29, 0.717) is 5.56 Å². The van der Waals surface area contributed by atoms with Crippen molar-refractivity contribution in [2.75, 3.05) is 0 Å². The molecule has 0 heterocycles. The zero-order valence-electron chi connectivity index (χ0n) is 22.6. The Labute approximate surface area is 222 Å². The average Bonchev–Trinajstić information content (AvgIpc) is 2.90. The Hall–Kier alpha value is -2.88. The molecule has 0 aliphatic carbocycles. The number of carboxylic acids is 1. The Bertz CT molecular complexity index is 1070. The predicted molar refractivity (Wildman–Crippen MR) is 153 cm³/mol. The van der Waals surface area contributed by atoms with Crippen LogP contribution >= 0.6 is 0 Å². The number of ether oxygens (including phenoxy) is 1. The summed E-state index contributed by atoms with van der Waals surface area (Å²) in [6.07, 6.45) is 15.4. The molecule has 0 aliphatic heterocycles. The van der Waals surface area contributed by atoms with E-state index in [0.717, 1.165) is 72.9 Å². The third-order valence-electron chi connectivity index (χ3n) is 7.30. The average molecular weight is 505 g/mol. The lowest BCUT2D eigenvalue weighted by atomic mass is 9.96. The van der Waals surface area contributed by atoms with Gasteiger partial charge in [0.1, 0.15) is 6.10 Å². The van der Waals surface area contributed by atoms with Gasteiger partial charge in [0.2, 0.25) is 0 Å². The van der Waals surface area contributed by atoms with Crippen LogP contribution in [-0.2, 0) is 9.53 Å². The van der Waals surface area contributed by atoms with Gasteiger partial charge in [-0.3, -0.25) is 4.79 Å². The smallest absolute Gasteiger partial charge is 0.339 e. The van der Waals surface area contributed by atoms with E-state index in [4.69, 9.17) is 9.84 Å². The van der Waals surface area contributed by atoms with Gasteiger partial charge < -0.3 is 9.84 Å². The van der Waals surface area contributed by atoms with Gasteiger partial charge in [-0.1, -0.05) is 113 Å². The second-order valence-electron chi connectivity index (χ2n) is 10.3. The van der Waals surface area contributed by atoms with E-state index in [1.807, 2.05) is 36.4 Å². The van der Waals surface area contributed by atoms with E-state index >= 15 is 0 Å². The number of carbonyl (C=O) groups is 2. The molecule has 0 bridgehead atoms. The molecule has 0 unspecified atom stereocenters. The van der Waals surface area contributed by atoms with E-state index in [2.05, 4.69) is 25.1 Å². The first-order chi connectivity index (χ1) is 18.1. The first kappa shape index (κ1) is 28.7. The molecule has 3 aromatic carbocycles. The number of rotatable bonds is 18. The molecule has 0 fully saturated rings. The number of carbonyl (C=O) groups excluding carboxylic acids is 1. The van der Waals surface area contributed by atoms with Crippen molar-refractivity contribution in [1.82, 2.24) is 0 Å². The van der Waals surface area contributed by atoms with Crippen molar-refractivity contribution in [2.24, 2.45) is 0 Å². The summed E-state index contributed by atoms with van der Waals surface area (Å²) in [5.41, 5.74) is 0.673. The number of benzene rings is 3. The van der Waals surface area contributed by atoms with Crippen LogP contribution in [0.3, 0.4) is 0 Å². The van der Waals surface area contributed by atoms with Crippen LogP contribution < -0.4 is 0 Å². The van der Waals surface area contributed by atoms with Crippen molar-refractivity contribution in [2.45, 2.75) is 109 Å². The van der Waals surface area contributed by atoms with Crippen LogP contribution in [0.5, 0.6) is 0 Å². The van der Waals surface area contributed by atoms with Crippen LogP contribution in [0.25, 0.3) is 21.5 Å². The molecule has 3 rings (SSSR count). The minimum Gasteiger partial charge on any atom is -0.481 e. The number of carboxylic acid groups (broad SMARTS) is 1. The van der Waals surface area contributed by atoms with Gasteiger partial charge in [-0.25, -0.2) is 4.79 Å². The normalized spacial score (nSPS) is 12.1. The zero-order valence-corrected chi connectivity index (χ0v) is 22.6. The second-order valence-corrected chi connectivity index (χ2v) is 10.3. The van der Waals surface area contributed by atoms with Crippen molar-refractivity contribution in [3.8, 4) is 0 Å². The maximum atomic E-state index is 13.7. The van der Waals surface area contributed by atoms with E-state index < -0.39 is 5.97 Å². The minimum absolute atomic E-state index is 0.0834. The number of esters is 1.